The number of carboxylic acid groups (broad SMARTS) is 2. The fourth-order valence-electron chi connectivity index (χ4n) is 2.80. The van der Waals surface area contributed by atoms with Crippen molar-refractivity contribution in [3.63, 3.8) is 0 Å². The summed E-state index contributed by atoms with van der Waals surface area (Å²) in [4.78, 5) is 34.8. The number of carbonyl (C=O) groups excluding carboxylic acids is 1. The van der Waals surface area contributed by atoms with E-state index in [0.717, 1.165) is 24.2 Å². The SMILES string of the molecule is CCCCCCCCCCCCCC(=O)N(CC(=O)O)C(C)C(=O)O.[NaH]. The Morgan fingerprint density at radius 3 is 1.62 bits per heavy atom. The predicted octanol–water partition coefficient (Wildman–Crippen LogP) is 3.43. The van der Waals surface area contributed by atoms with Crippen molar-refractivity contribution in [1.82, 2.24) is 4.90 Å². The van der Waals surface area contributed by atoms with Crippen LogP contribution in [0.4, 0.5) is 0 Å². The molecule has 0 saturated heterocycles. The summed E-state index contributed by atoms with van der Waals surface area (Å²) in [5, 5.41) is 17.8. The van der Waals surface area contributed by atoms with Crippen LogP contribution < -0.4 is 0 Å². The van der Waals surface area contributed by atoms with Crippen LogP contribution >= 0.6 is 0 Å². The number of amides is 1. The normalized spacial score (nSPS) is 11.5. The van der Waals surface area contributed by atoms with Gasteiger partial charge in [0, 0.05) is 6.42 Å². The van der Waals surface area contributed by atoms with Crippen molar-refractivity contribution in [2.75, 3.05) is 6.54 Å². The van der Waals surface area contributed by atoms with E-state index in [2.05, 4.69) is 6.92 Å². The number of unbranched alkanes of at least 4 members (excludes halogenated alkanes) is 10. The van der Waals surface area contributed by atoms with Crippen LogP contribution in [0.25, 0.3) is 0 Å². The molecule has 0 aliphatic carbocycles. The first kappa shape index (κ1) is 27.6. The van der Waals surface area contributed by atoms with Gasteiger partial charge in [-0.05, 0) is 13.3 Å². The first-order chi connectivity index (χ1) is 11.9. The zero-order valence-electron chi connectivity index (χ0n) is 15.8. The zero-order chi connectivity index (χ0) is 19.1. The third-order valence-corrected chi connectivity index (χ3v) is 4.45. The first-order valence-corrected chi connectivity index (χ1v) is 9.64. The van der Waals surface area contributed by atoms with Crippen molar-refractivity contribution in [1.29, 1.82) is 0 Å². The molecule has 1 amide bonds. The average Bonchev–Trinajstić information content (AvgIpc) is 2.56. The van der Waals surface area contributed by atoms with Gasteiger partial charge in [-0.1, -0.05) is 71.1 Å². The Morgan fingerprint density at radius 2 is 1.23 bits per heavy atom. The Labute approximate surface area is 180 Å². The van der Waals surface area contributed by atoms with Gasteiger partial charge in [-0.3, -0.25) is 9.59 Å². The molecule has 148 valence electrons. The Balaban J connectivity index is 0. The molecular formula is C19H36NNaO5. The molecule has 0 heterocycles. The number of rotatable bonds is 16. The molecule has 0 aromatic rings. The molecule has 0 bridgehead atoms. The maximum absolute atomic E-state index is 12.1. The van der Waals surface area contributed by atoms with Crippen LogP contribution in [0.1, 0.15) is 90.9 Å². The zero-order valence-corrected chi connectivity index (χ0v) is 15.8. The van der Waals surface area contributed by atoms with E-state index in [4.69, 9.17) is 10.2 Å². The summed E-state index contributed by atoms with van der Waals surface area (Å²) in [6.07, 6.45) is 13.1. The summed E-state index contributed by atoms with van der Waals surface area (Å²) in [6.45, 7) is 2.99. The number of aliphatic carboxylic acids is 2. The molecule has 0 spiro atoms. The van der Waals surface area contributed by atoms with Crippen LogP contribution in [-0.2, 0) is 14.4 Å². The molecule has 7 heteroatoms. The minimum absolute atomic E-state index is 0. The number of hydrogen-bond acceptors (Lipinski definition) is 3. The standard InChI is InChI=1S/C19H35NO5.Na.H/c1-3-4-5-6-7-8-9-10-11-12-13-14-17(21)20(15-18(22)23)16(2)19(24)25;;/h16H,3-15H2,1-2H3,(H,22,23)(H,24,25);;. The van der Waals surface area contributed by atoms with Crippen molar-refractivity contribution in [3.05, 3.63) is 0 Å². The molecule has 26 heavy (non-hydrogen) atoms. The first-order valence-electron chi connectivity index (χ1n) is 9.64. The third-order valence-electron chi connectivity index (χ3n) is 4.45. The summed E-state index contributed by atoms with van der Waals surface area (Å²) in [5.74, 6) is -2.78. The number of nitrogens with zero attached hydrogens (tertiary/aromatic N) is 1. The fourth-order valence-corrected chi connectivity index (χ4v) is 2.80. The maximum atomic E-state index is 12.1. The van der Waals surface area contributed by atoms with Crippen LogP contribution in [0, 0.1) is 0 Å². The van der Waals surface area contributed by atoms with Gasteiger partial charge in [-0.15, -0.1) is 0 Å². The third kappa shape index (κ3) is 14.6. The van der Waals surface area contributed by atoms with Crippen LogP contribution in [0.5, 0.6) is 0 Å². The molecule has 0 saturated carbocycles. The van der Waals surface area contributed by atoms with Gasteiger partial charge in [0.25, 0.3) is 0 Å². The summed E-state index contributed by atoms with van der Waals surface area (Å²) in [6, 6.07) is -1.11. The van der Waals surface area contributed by atoms with Crippen molar-refractivity contribution in [3.8, 4) is 0 Å². The summed E-state index contributed by atoms with van der Waals surface area (Å²) in [5.41, 5.74) is 0. The van der Waals surface area contributed by atoms with E-state index in [0.29, 0.717) is 6.42 Å². The van der Waals surface area contributed by atoms with Crippen molar-refractivity contribution < 1.29 is 24.6 Å². The van der Waals surface area contributed by atoms with E-state index in [9.17, 15) is 14.4 Å². The summed E-state index contributed by atoms with van der Waals surface area (Å²) in [7, 11) is 0. The van der Waals surface area contributed by atoms with Gasteiger partial charge in [0.05, 0.1) is 0 Å². The van der Waals surface area contributed by atoms with Gasteiger partial charge < -0.3 is 15.1 Å². The monoisotopic (exact) mass is 381 g/mol. The van der Waals surface area contributed by atoms with E-state index >= 15 is 0 Å². The van der Waals surface area contributed by atoms with Crippen LogP contribution in [-0.4, -0.2) is 75.1 Å². The Hall–Kier alpha value is -0.590. The second-order valence-corrected chi connectivity index (χ2v) is 6.72. The number of carbonyl (C=O) groups is 3. The van der Waals surface area contributed by atoms with Gasteiger partial charge in [-0.2, -0.15) is 0 Å². The Kier molecular flexibility index (Phi) is 18.9. The minimum atomic E-state index is -1.19. The molecule has 1 atom stereocenters. The molecule has 0 aromatic heterocycles. The number of carboxylic acids is 2. The van der Waals surface area contributed by atoms with Gasteiger partial charge >= 0.3 is 41.5 Å². The van der Waals surface area contributed by atoms with Crippen LogP contribution in [0.2, 0.25) is 0 Å². The molecule has 6 nitrogen and oxygen atoms in total. The Morgan fingerprint density at radius 1 is 0.808 bits per heavy atom. The van der Waals surface area contributed by atoms with Crippen molar-refractivity contribution in [2.45, 2.75) is 96.9 Å². The van der Waals surface area contributed by atoms with Crippen LogP contribution in [0.15, 0.2) is 0 Å². The van der Waals surface area contributed by atoms with E-state index in [-0.39, 0.29) is 36.0 Å². The molecule has 0 fully saturated rings. The predicted molar refractivity (Wildman–Crippen MR) is 105 cm³/mol. The molecule has 0 radical (unpaired) electrons. The second-order valence-electron chi connectivity index (χ2n) is 6.72. The van der Waals surface area contributed by atoms with E-state index in [1.807, 2.05) is 0 Å². The average molecular weight is 381 g/mol. The van der Waals surface area contributed by atoms with Gasteiger partial charge in [0.15, 0.2) is 0 Å². The van der Waals surface area contributed by atoms with Crippen molar-refractivity contribution in [2.24, 2.45) is 0 Å². The summed E-state index contributed by atoms with van der Waals surface area (Å²) < 4.78 is 0. The quantitative estimate of drug-likeness (QED) is 0.315. The second kappa shape index (κ2) is 17.8. The summed E-state index contributed by atoms with van der Waals surface area (Å²) >= 11 is 0. The molecule has 0 aromatic carbocycles. The van der Waals surface area contributed by atoms with E-state index in [1.54, 1.807) is 0 Å². The Bertz CT molecular complexity index is 403. The van der Waals surface area contributed by atoms with E-state index in [1.165, 1.54) is 51.9 Å². The molecule has 2 N–H and O–H groups in total. The van der Waals surface area contributed by atoms with Gasteiger partial charge in [0.2, 0.25) is 5.91 Å². The van der Waals surface area contributed by atoms with Gasteiger partial charge in [-0.25, -0.2) is 4.79 Å². The van der Waals surface area contributed by atoms with Crippen LogP contribution in [0.3, 0.4) is 0 Å². The fraction of sp³-hybridized carbons (Fsp3) is 0.842. The molecule has 0 aliphatic heterocycles. The van der Waals surface area contributed by atoms with E-state index < -0.39 is 30.4 Å². The molecule has 0 rings (SSSR count). The topological polar surface area (TPSA) is 94.9 Å². The van der Waals surface area contributed by atoms with Gasteiger partial charge in [0.1, 0.15) is 12.6 Å². The number of hydrogen-bond donors (Lipinski definition) is 2. The van der Waals surface area contributed by atoms with Crippen molar-refractivity contribution >= 4 is 47.4 Å². The molecule has 1 unspecified atom stereocenters. The molecular weight excluding hydrogens is 345 g/mol. The molecule has 0 aliphatic rings.